The summed E-state index contributed by atoms with van der Waals surface area (Å²) in [6.45, 7) is 5.33. The third kappa shape index (κ3) is 5.44. The van der Waals surface area contributed by atoms with Crippen LogP contribution in [-0.4, -0.2) is 68.6 Å². The number of amides is 1. The van der Waals surface area contributed by atoms with E-state index in [0.717, 1.165) is 44.7 Å². The first-order valence-electron chi connectivity index (χ1n) is 10.8. The van der Waals surface area contributed by atoms with Gasteiger partial charge in [-0.1, -0.05) is 30.3 Å². The van der Waals surface area contributed by atoms with Gasteiger partial charge in [0.25, 0.3) is 0 Å². The van der Waals surface area contributed by atoms with Crippen molar-refractivity contribution in [1.29, 1.82) is 0 Å². The van der Waals surface area contributed by atoms with Gasteiger partial charge < -0.3 is 10.2 Å². The van der Waals surface area contributed by atoms with E-state index in [9.17, 15) is 13.2 Å². The van der Waals surface area contributed by atoms with Crippen molar-refractivity contribution in [2.75, 3.05) is 49.2 Å². The average Bonchev–Trinajstić information content (AvgIpc) is 3.27. The molecule has 1 amide bonds. The van der Waals surface area contributed by atoms with Gasteiger partial charge in [-0.2, -0.15) is 4.31 Å². The van der Waals surface area contributed by atoms with Crippen molar-refractivity contribution in [2.45, 2.75) is 25.4 Å². The molecule has 2 fully saturated rings. The van der Waals surface area contributed by atoms with Gasteiger partial charge in [-0.15, -0.1) is 0 Å². The van der Waals surface area contributed by atoms with E-state index in [4.69, 9.17) is 0 Å². The van der Waals surface area contributed by atoms with Crippen LogP contribution in [0.5, 0.6) is 0 Å². The first-order valence-corrected chi connectivity index (χ1v) is 12.6. The van der Waals surface area contributed by atoms with E-state index < -0.39 is 16.1 Å². The molecule has 1 atom stereocenters. The Hall–Kier alpha value is -2.42. The molecule has 2 aromatic rings. The lowest BCUT2D eigenvalue weighted by Crippen LogP contribution is -2.46. The maximum absolute atomic E-state index is 12.6. The molecule has 0 spiro atoms. The van der Waals surface area contributed by atoms with Crippen molar-refractivity contribution in [1.82, 2.24) is 9.21 Å². The second-order valence-electron chi connectivity index (χ2n) is 8.32. The van der Waals surface area contributed by atoms with Gasteiger partial charge in [-0.05, 0) is 42.7 Å². The van der Waals surface area contributed by atoms with Gasteiger partial charge in [0.05, 0.1) is 6.26 Å². The number of anilines is 2. The van der Waals surface area contributed by atoms with Crippen LogP contribution in [0, 0.1) is 0 Å². The summed E-state index contributed by atoms with van der Waals surface area (Å²) in [6, 6.07) is 17.7. The molecule has 0 aliphatic carbocycles. The fraction of sp³-hybridized carbons (Fsp3) is 0.435. The Labute approximate surface area is 184 Å². The molecule has 2 aliphatic heterocycles. The first-order chi connectivity index (χ1) is 14.9. The lowest BCUT2D eigenvalue weighted by atomic mass is 10.2. The molecule has 1 unspecified atom stereocenters. The molecule has 31 heavy (non-hydrogen) atoms. The highest BCUT2D eigenvalue weighted by molar-refractivity contribution is 7.88. The van der Waals surface area contributed by atoms with Crippen molar-refractivity contribution in [3.8, 4) is 0 Å². The summed E-state index contributed by atoms with van der Waals surface area (Å²) in [5, 5.41) is 2.88. The number of nitrogens with one attached hydrogen (secondary N) is 1. The van der Waals surface area contributed by atoms with Gasteiger partial charge in [0, 0.05) is 50.6 Å². The zero-order chi connectivity index (χ0) is 21.8. The Morgan fingerprint density at radius 1 is 0.968 bits per heavy atom. The quantitative estimate of drug-likeness (QED) is 0.744. The number of hydrogen-bond acceptors (Lipinski definition) is 5. The summed E-state index contributed by atoms with van der Waals surface area (Å²) in [4.78, 5) is 17.4. The molecule has 166 valence electrons. The topological polar surface area (TPSA) is 73.0 Å². The molecular weight excluding hydrogens is 412 g/mol. The molecule has 7 nitrogen and oxygen atoms in total. The molecule has 2 saturated heterocycles. The summed E-state index contributed by atoms with van der Waals surface area (Å²) < 4.78 is 25.1. The van der Waals surface area contributed by atoms with E-state index in [1.807, 2.05) is 30.3 Å². The van der Waals surface area contributed by atoms with Gasteiger partial charge in [0.2, 0.25) is 15.9 Å². The van der Waals surface area contributed by atoms with Crippen molar-refractivity contribution >= 4 is 27.3 Å². The van der Waals surface area contributed by atoms with Crippen LogP contribution in [0.1, 0.15) is 18.4 Å². The molecule has 0 aromatic heterocycles. The smallest absolute Gasteiger partial charge is 0.242 e. The number of carbonyl (C=O) groups is 1. The van der Waals surface area contributed by atoms with E-state index in [-0.39, 0.29) is 5.91 Å². The van der Waals surface area contributed by atoms with Gasteiger partial charge in [-0.3, -0.25) is 9.69 Å². The van der Waals surface area contributed by atoms with Gasteiger partial charge in [0.1, 0.15) is 6.04 Å². The third-order valence-electron chi connectivity index (χ3n) is 6.05. The molecule has 0 bridgehead atoms. The van der Waals surface area contributed by atoms with E-state index in [1.165, 1.54) is 9.87 Å². The van der Waals surface area contributed by atoms with Crippen molar-refractivity contribution in [3.05, 3.63) is 60.2 Å². The first kappa shape index (κ1) is 21.8. The Kier molecular flexibility index (Phi) is 6.60. The van der Waals surface area contributed by atoms with Gasteiger partial charge in [-0.25, -0.2) is 8.42 Å². The lowest BCUT2D eigenvalue weighted by molar-refractivity contribution is -0.119. The minimum Gasteiger partial charge on any atom is -0.369 e. The van der Waals surface area contributed by atoms with Crippen LogP contribution >= 0.6 is 0 Å². The number of sulfonamides is 1. The number of hydrogen-bond donors (Lipinski definition) is 1. The predicted octanol–water partition coefficient (Wildman–Crippen LogP) is 2.37. The van der Waals surface area contributed by atoms with Crippen LogP contribution in [0.3, 0.4) is 0 Å². The Morgan fingerprint density at radius 3 is 2.29 bits per heavy atom. The standard InChI is InChI=1S/C23H30N4O3S/c1-31(29,30)27-13-5-8-22(27)23(28)24-20-9-11-21(12-10-20)26-16-14-25(15-17-26)18-19-6-3-2-4-7-19/h2-4,6-7,9-12,22H,5,8,13-18H2,1H3,(H,24,28). The maximum Gasteiger partial charge on any atom is 0.242 e. The van der Waals surface area contributed by atoms with E-state index >= 15 is 0 Å². The number of carbonyl (C=O) groups excluding carboxylic acids is 1. The van der Waals surface area contributed by atoms with Crippen LogP contribution in [0.4, 0.5) is 11.4 Å². The van der Waals surface area contributed by atoms with E-state index in [0.29, 0.717) is 25.1 Å². The summed E-state index contributed by atoms with van der Waals surface area (Å²) in [5.74, 6) is -0.259. The predicted molar refractivity (Wildman–Crippen MR) is 124 cm³/mol. The van der Waals surface area contributed by atoms with Crippen LogP contribution in [0.2, 0.25) is 0 Å². The summed E-state index contributed by atoms with van der Waals surface area (Å²) >= 11 is 0. The fourth-order valence-electron chi connectivity index (χ4n) is 4.39. The van der Waals surface area contributed by atoms with Crippen molar-refractivity contribution < 1.29 is 13.2 Å². The molecule has 8 heteroatoms. The molecule has 2 heterocycles. The number of rotatable bonds is 6. The molecular formula is C23H30N4O3S. The molecule has 2 aromatic carbocycles. The zero-order valence-corrected chi connectivity index (χ0v) is 18.7. The molecule has 2 aliphatic rings. The van der Waals surface area contributed by atoms with Gasteiger partial charge in [0.15, 0.2) is 0 Å². The van der Waals surface area contributed by atoms with Crippen LogP contribution < -0.4 is 10.2 Å². The molecule has 0 radical (unpaired) electrons. The summed E-state index contributed by atoms with van der Waals surface area (Å²) in [5.41, 5.74) is 3.17. The highest BCUT2D eigenvalue weighted by Crippen LogP contribution is 2.24. The van der Waals surface area contributed by atoms with Crippen molar-refractivity contribution in [2.24, 2.45) is 0 Å². The Balaban J connectivity index is 1.30. The number of nitrogens with zero attached hydrogens (tertiary/aromatic N) is 3. The second kappa shape index (κ2) is 9.38. The van der Waals surface area contributed by atoms with Crippen LogP contribution in [-0.2, 0) is 21.4 Å². The second-order valence-corrected chi connectivity index (χ2v) is 10.3. The largest absolute Gasteiger partial charge is 0.369 e. The van der Waals surface area contributed by atoms with E-state index in [2.05, 4.69) is 39.4 Å². The summed E-state index contributed by atoms with van der Waals surface area (Å²) in [6.07, 6.45) is 2.43. The van der Waals surface area contributed by atoms with Crippen LogP contribution in [0.25, 0.3) is 0 Å². The minimum atomic E-state index is -3.37. The number of piperazine rings is 1. The monoisotopic (exact) mass is 442 g/mol. The molecule has 4 rings (SSSR count). The zero-order valence-electron chi connectivity index (χ0n) is 17.9. The minimum absolute atomic E-state index is 0.259. The van der Waals surface area contributed by atoms with Crippen molar-refractivity contribution in [3.63, 3.8) is 0 Å². The highest BCUT2D eigenvalue weighted by Gasteiger charge is 2.36. The average molecular weight is 443 g/mol. The lowest BCUT2D eigenvalue weighted by Gasteiger charge is -2.36. The highest BCUT2D eigenvalue weighted by atomic mass is 32.2. The SMILES string of the molecule is CS(=O)(=O)N1CCCC1C(=O)Nc1ccc(N2CCN(Cc3ccccc3)CC2)cc1. The maximum atomic E-state index is 12.6. The molecule has 1 N–H and O–H groups in total. The number of benzene rings is 2. The third-order valence-corrected chi connectivity index (χ3v) is 7.34. The Bertz CT molecular complexity index is 987. The van der Waals surface area contributed by atoms with Gasteiger partial charge >= 0.3 is 0 Å². The molecule has 0 saturated carbocycles. The fourth-order valence-corrected chi connectivity index (χ4v) is 5.51. The summed E-state index contributed by atoms with van der Waals surface area (Å²) in [7, 11) is -3.37. The van der Waals surface area contributed by atoms with Crippen LogP contribution in [0.15, 0.2) is 54.6 Å². The Morgan fingerprint density at radius 2 is 1.65 bits per heavy atom. The normalized spacial score (nSPS) is 20.7. The van der Waals surface area contributed by atoms with E-state index in [1.54, 1.807) is 0 Å².